The average Bonchev–Trinajstić information content (AvgIpc) is 2.59. The van der Waals surface area contributed by atoms with E-state index in [9.17, 15) is 14.4 Å². The standard InChI is InChI=1S/C18H24ClNO6/c1-11(2)7-15(18(23)24-4)20-16(21)9-26-17(22)10-25-13-5-6-14(19)12(3)8-13/h5-6,8,11,15H,7,9-10H2,1-4H3,(H,20,21)/t15-/m0/s1. The number of ether oxygens (including phenoxy) is 3. The molecule has 1 aromatic rings. The van der Waals surface area contributed by atoms with Gasteiger partial charge in [0.1, 0.15) is 11.8 Å². The van der Waals surface area contributed by atoms with Crippen LogP contribution in [0.2, 0.25) is 5.02 Å². The van der Waals surface area contributed by atoms with Crippen molar-refractivity contribution in [1.29, 1.82) is 0 Å². The second kappa shape index (κ2) is 10.7. The molecule has 0 heterocycles. The maximum Gasteiger partial charge on any atom is 0.344 e. The van der Waals surface area contributed by atoms with Crippen LogP contribution in [0, 0.1) is 12.8 Å². The molecule has 0 saturated heterocycles. The summed E-state index contributed by atoms with van der Waals surface area (Å²) in [6, 6.07) is 4.20. The Morgan fingerprint density at radius 2 is 1.88 bits per heavy atom. The van der Waals surface area contributed by atoms with E-state index >= 15 is 0 Å². The van der Waals surface area contributed by atoms with E-state index in [2.05, 4.69) is 10.1 Å². The van der Waals surface area contributed by atoms with Gasteiger partial charge in [0.15, 0.2) is 13.2 Å². The molecule has 144 valence electrons. The summed E-state index contributed by atoms with van der Waals surface area (Å²) in [5, 5.41) is 3.09. The summed E-state index contributed by atoms with van der Waals surface area (Å²) in [7, 11) is 1.25. The molecule has 0 bridgehead atoms. The molecule has 0 aliphatic heterocycles. The second-order valence-electron chi connectivity index (χ2n) is 6.13. The number of esters is 2. The fraction of sp³-hybridized carbons (Fsp3) is 0.500. The van der Waals surface area contributed by atoms with Gasteiger partial charge in [-0.15, -0.1) is 0 Å². The molecule has 26 heavy (non-hydrogen) atoms. The summed E-state index contributed by atoms with van der Waals surface area (Å²) in [6.45, 7) is 4.79. The number of methoxy groups -OCH3 is 1. The fourth-order valence-electron chi connectivity index (χ4n) is 2.10. The molecule has 0 aliphatic carbocycles. The van der Waals surface area contributed by atoms with Crippen LogP contribution in [0.3, 0.4) is 0 Å². The van der Waals surface area contributed by atoms with Crippen molar-refractivity contribution in [2.75, 3.05) is 20.3 Å². The number of hydrogen-bond acceptors (Lipinski definition) is 6. The summed E-state index contributed by atoms with van der Waals surface area (Å²) in [5.41, 5.74) is 0.816. The molecule has 8 heteroatoms. The van der Waals surface area contributed by atoms with Crippen molar-refractivity contribution < 1.29 is 28.6 Å². The van der Waals surface area contributed by atoms with E-state index in [0.717, 1.165) is 5.56 Å². The first-order chi connectivity index (χ1) is 12.2. The lowest BCUT2D eigenvalue weighted by Crippen LogP contribution is -2.44. The topological polar surface area (TPSA) is 90.9 Å². The predicted molar refractivity (Wildman–Crippen MR) is 96.0 cm³/mol. The van der Waals surface area contributed by atoms with Crippen molar-refractivity contribution in [3.05, 3.63) is 28.8 Å². The molecule has 0 fully saturated rings. The number of carbonyl (C=O) groups is 3. The van der Waals surface area contributed by atoms with Crippen LogP contribution in [-0.4, -0.2) is 44.2 Å². The third-order valence-electron chi connectivity index (χ3n) is 3.38. The highest BCUT2D eigenvalue weighted by Crippen LogP contribution is 2.20. The Morgan fingerprint density at radius 1 is 1.19 bits per heavy atom. The molecule has 0 radical (unpaired) electrons. The number of rotatable bonds is 9. The molecule has 0 aromatic heterocycles. The summed E-state index contributed by atoms with van der Waals surface area (Å²) in [6.07, 6.45) is 0.422. The van der Waals surface area contributed by atoms with E-state index in [-0.39, 0.29) is 12.5 Å². The van der Waals surface area contributed by atoms with Crippen LogP contribution in [0.25, 0.3) is 0 Å². The minimum Gasteiger partial charge on any atom is -0.482 e. The van der Waals surface area contributed by atoms with Gasteiger partial charge in [0.2, 0.25) is 0 Å². The first-order valence-corrected chi connectivity index (χ1v) is 8.52. The lowest BCUT2D eigenvalue weighted by atomic mass is 10.0. The average molecular weight is 386 g/mol. The van der Waals surface area contributed by atoms with Gasteiger partial charge in [0.05, 0.1) is 7.11 Å². The first kappa shape index (κ1) is 21.8. The molecule has 7 nitrogen and oxygen atoms in total. The van der Waals surface area contributed by atoms with E-state index in [4.69, 9.17) is 21.1 Å². The molecule has 1 atom stereocenters. The van der Waals surface area contributed by atoms with Crippen LogP contribution in [0.5, 0.6) is 5.75 Å². The van der Waals surface area contributed by atoms with E-state index in [1.54, 1.807) is 18.2 Å². The molecule has 0 unspecified atom stereocenters. The third kappa shape index (κ3) is 7.74. The summed E-state index contributed by atoms with van der Waals surface area (Å²) in [5.74, 6) is -1.18. The van der Waals surface area contributed by atoms with Crippen LogP contribution < -0.4 is 10.1 Å². The van der Waals surface area contributed by atoms with Crippen molar-refractivity contribution in [2.45, 2.75) is 33.2 Å². The number of nitrogens with one attached hydrogen (secondary N) is 1. The molecular weight excluding hydrogens is 362 g/mol. The summed E-state index contributed by atoms with van der Waals surface area (Å²) < 4.78 is 14.8. The Kier molecular flexibility index (Phi) is 8.92. The highest BCUT2D eigenvalue weighted by atomic mass is 35.5. The van der Waals surface area contributed by atoms with Crippen LogP contribution in [-0.2, 0) is 23.9 Å². The number of amides is 1. The Morgan fingerprint density at radius 3 is 2.46 bits per heavy atom. The number of benzene rings is 1. The Labute approximate surface area is 157 Å². The van der Waals surface area contributed by atoms with Crippen molar-refractivity contribution in [3.63, 3.8) is 0 Å². The fourth-order valence-corrected chi connectivity index (χ4v) is 2.22. The van der Waals surface area contributed by atoms with Gasteiger partial charge in [-0.1, -0.05) is 25.4 Å². The van der Waals surface area contributed by atoms with Crippen molar-refractivity contribution in [1.82, 2.24) is 5.32 Å². The van der Waals surface area contributed by atoms with Gasteiger partial charge >= 0.3 is 11.9 Å². The second-order valence-corrected chi connectivity index (χ2v) is 6.54. The molecule has 1 amide bonds. The maximum absolute atomic E-state index is 11.9. The monoisotopic (exact) mass is 385 g/mol. The smallest absolute Gasteiger partial charge is 0.344 e. The number of carbonyl (C=O) groups excluding carboxylic acids is 3. The molecule has 1 N–H and O–H groups in total. The van der Waals surface area contributed by atoms with E-state index in [0.29, 0.717) is 17.2 Å². The van der Waals surface area contributed by atoms with Crippen molar-refractivity contribution >= 4 is 29.4 Å². The van der Waals surface area contributed by atoms with Crippen molar-refractivity contribution in [2.24, 2.45) is 5.92 Å². The first-order valence-electron chi connectivity index (χ1n) is 8.14. The molecular formula is C18H24ClNO6. The van der Waals surface area contributed by atoms with E-state index < -0.39 is 30.5 Å². The lowest BCUT2D eigenvalue weighted by Gasteiger charge is -2.18. The molecule has 0 saturated carbocycles. The van der Waals surface area contributed by atoms with Crippen molar-refractivity contribution in [3.8, 4) is 5.75 Å². The minimum absolute atomic E-state index is 0.179. The van der Waals surface area contributed by atoms with E-state index in [1.807, 2.05) is 20.8 Å². The quantitative estimate of drug-likeness (QED) is 0.656. The highest BCUT2D eigenvalue weighted by Gasteiger charge is 2.23. The van der Waals surface area contributed by atoms with Gasteiger partial charge in [-0.3, -0.25) is 4.79 Å². The lowest BCUT2D eigenvalue weighted by molar-refractivity contribution is -0.151. The number of halogens is 1. The highest BCUT2D eigenvalue weighted by molar-refractivity contribution is 6.31. The van der Waals surface area contributed by atoms with Gasteiger partial charge in [-0.2, -0.15) is 0 Å². The van der Waals surface area contributed by atoms with Crippen LogP contribution in [0.1, 0.15) is 25.8 Å². The number of hydrogen-bond donors (Lipinski definition) is 1. The zero-order valence-corrected chi connectivity index (χ0v) is 16.1. The van der Waals surface area contributed by atoms with Crippen LogP contribution >= 0.6 is 11.6 Å². The molecule has 1 aromatic carbocycles. The van der Waals surface area contributed by atoms with Gasteiger partial charge in [0, 0.05) is 5.02 Å². The normalized spacial score (nSPS) is 11.6. The van der Waals surface area contributed by atoms with E-state index in [1.165, 1.54) is 7.11 Å². The predicted octanol–water partition coefficient (Wildman–Crippen LogP) is 2.27. The summed E-state index contributed by atoms with van der Waals surface area (Å²) in [4.78, 5) is 35.2. The third-order valence-corrected chi connectivity index (χ3v) is 3.80. The van der Waals surface area contributed by atoms with Gasteiger partial charge in [-0.25, -0.2) is 9.59 Å². The minimum atomic E-state index is -0.778. The Balaban J connectivity index is 2.41. The molecule has 0 spiro atoms. The largest absolute Gasteiger partial charge is 0.482 e. The SMILES string of the molecule is COC(=O)[C@H](CC(C)C)NC(=O)COC(=O)COc1ccc(Cl)c(C)c1. The Bertz CT molecular complexity index is 647. The molecule has 1 rings (SSSR count). The van der Waals surface area contributed by atoms with Gasteiger partial charge in [-0.05, 0) is 43.0 Å². The maximum atomic E-state index is 11.9. The zero-order valence-electron chi connectivity index (χ0n) is 15.3. The van der Waals surface area contributed by atoms with Gasteiger partial charge in [0.25, 0.3) is 5.91 Å². The number of aryl methyl sites for hydroxylation is 1. The Hall–Kier alpha value is -2.28. The van der Waals surface area contributed by atoms with Crippen LogP contribution in [0.15, 0.2) is 18.2 Å². The molecule has 0 aliphatic rings. The van der Waals surface area contributed by atoms with Gasteiger partial charge < -0.3 is 19.5 Å². The summed E-state index contributed by atoms with van der Waals surface area (Å²) >= 11 is 5.91. The van der Waals surface area contributed by atoms with Crippen LogP contribution in [0.4, 0.5) is 0 Å². The zero-order chi connectivity index (χ0) is 19.7.